The number of esters is 4. The molecule has 0 saturated carbocycles. The van der Waals surface area contributed by atoms with Crippen molar-refractivity contribution in [3.05, 3.63) is 24.3 Å². The van der Waals surface area contributed by atoms with Crippen molar-refractivity contribution < 1.29 is 80.2 Å². The molecule has 0 bridgehead atoms. The number of hydrogen-bond acceptors (Lipinski definition) is 15. The van der Waals surface area contributed by atoms with E-state index in [4.69, 9.17) is 37.0 Å². The molecule has 0 aliphatic rings. The molecule has 0 spiro atoms. The summed E-state index contributed by atoms with van der Waals surface area (Å²) < 4.78 is 68.7. The molecule has 0 amide bonds. The van der Waals surface area contributed by atoms with Gasteiger partial charge in [-0.25, -0.2) is 9.13 Å². The monoisotopic (exact) mass is 1520 g/mol. The van der Waals surface area contributed by atoms with Crippen molar-refractivity contribution in [2.75, 3.05) is 39.6 Å². The smallest absolute Gasteiger partial charge is 0.462 e. The molecule has 614 valence electrons. The van der Waals surface area contributed by atoms with Crippen LogP contribution in [0.25, 0.3) is 0 Å². The summed E-state index contributed by atoms with van der Waals surface area (Å²) in [6, 6.07) is 0. The van der Waals surface area contributed by atoms with Gasteiger partial charge in [-0.2, -0.15) is 0 Å². The van der Waals surface area contributed by atoms with Crippen molar-refractivity contribution in [1.82, 2.24) is 0 Å². The van der Waals surface area contributed by atoms with Crippen LogP contribution < -0.4 is 0 Å². The number of aliphatic hydroxyl groups is 1. The molecule has 0 aromatic rings. The van der Waals surface area contributed by atoms with Gasteiger partial charge in [-0.3, -0.25) is 37.3 Å². The van der Waals surface area contributed by atoms with E-state index in [-0.39, 0.29) is 25.7 Å². The summed E-state index contributed by atoms with van der Waals surface area (Å²) in [4.78, 5) is 73.0. The van der Waals surface area contributed by atoms with E-state index in [9.17, 15) is 43.2 Å². The van der Waals surface area contributed by atoms with Crippen LogP contribution in [0.4, 0.5) is 0 Å². The minimum Gasteiger partial charge on any atom is -0.462 e. The minimum absolute atomic E-state index is 0.0855. The number of carbonyl (C=O) groups is 4. The van der Waals surface area contributed by atoms with Crippen LogP contribution in [0.3, 0.4) is 0 Å². The largest absolute Gasteiger partial charge is 0.472 e. The minimum atomic E-state index is -4.97. The Morgan fingerprint density at radius 2 is 0.462 bits per heavy atom. The molecule has 17 nitrogen and oxygen atoms in total. The highest BCUT2D eigenvalue weighted by atomic mass is 31.2. The molecule has 0 fully saturated rings. The van der Waals surface area contributed by atoms with E-state index in [1.807, 2.05) is 0 Å². The molecule has 0 rings (SSSR count). The zero-order valence-electron chi connectivity index (χ0n) is 67.5. The lowest BCUT2D eigenvalue weighted by Crippen LogP contribution is -2.30. The first kappa shape index (κ1) is 102. The first-order valence-corrected chi connectivity index (χ1v) is 46.6. The van der Waals surface area contributed by atoms with Gasteiger partial charge in [0.05, 0.1) is 26.4 Å². The second kappa shape index (κ2) is 78.7. The Balaban J connectivity index is 5.21. The van der Waals surface area contributed by atoms with Gasteiger partial charge in [0.25, 0.3) is 0 Å². The van der Waals surface area contributed by atoms with Gasteiger partial charge in [-0.15, -0.1) is 0 Å². The summed E-state index contributed by atoms with van der Waals surface area (Å²) in [6.45, 7) is 4.95. The predicted molar refractivity (Wildman–Crippen MR) is 428 cm³/mol. The summed E-state index contributed by atoms with van der Waals surface area (Å²) in [5.74, 6) is -2.14. The Morgan fingerprint density at radius 1 is 0.269 bits per heavy atom. The summed E-state index contributed by atoms with van der Waals surface area (Å²) in [6.07, 6.45) is 76.0. The van der Waals surface area contributed by atoms with Crippen LogP contribution in [0.2, 0.25) is 0 Å². The third-order valence-corrected chi connectivity index (χ3v) is 21.4. The summed E-state index contributed by atoms with van der Waals surface area (Å²) in [5.41, 5.74) is 0. The zero-order chi connectivity index (χ0) is 76.0. The van der Waals surface area contributed by atoms with E-state index in [2.05, 4.69) is 52.0 Å². The zero-order valence-corrected chi connectivity index (χ0v) is 69.3. The van der Waals surface area contributed by atoms with Gasteiger partial charge in [0.15, 0.2) is 12.2 Å². The molecule has 5 atom stereocenters. The van der Waals surface area contributed by atoms with Crippen LogP contribution in [-0.2, 0) is 65.4 Å². The van der Waals surface area contributed by atoms with Crippen LogP contribution in [0.1, 0.15) is 439 Å². The van der Waals surface area contributed by atoms with Crippen molar-refractivity contribution in [2.24, 2.45) is 0 Å². The average Bonchev–Trinajstić information content (AvgIpc) is 0.907. The molecule has 3 N–H and O–H groups in total. The SMILES string of the molecule is CCCCCC/C=C\C=C/CCCCCCCC(=O)O[C@H](COC(=O)CCCCCCCCCC)COP(=O)(O)OC[C@H](O)COP(=O)(O)OC[C@@H](COC(=O)CCCCCCCCCCCCCCCCCCCCCC)OC(=O)CCCCCCCCCCCCCCCCCCCCCCC. The standard InChI is InChI=1S/C85H162O17P2/c1-5-9-13-17-21-25-28-31-34-36-38-40-42-44-47-50-53-56-60-64-68-72-85(90)102-81(76-96-83(88)70-66-62-58-54-51-48-46-43-41-39-37-35-32-29-26-22-18-14-10-6-2)78-100-104(93,94)98-74-79(86)73-97-103(91,92)99-77-80(75-95-82(87)69-65-61-57-24-20-16-12-8-4)101-84(89)71-67-63-59-55-52-49-45-33-30-27-23-19-15-11-7-3/h27,30,33,45,79-81,86H,5-26,28-29,31-32,34-44,46-78H2,1-4H3,(H,91,92)(H,93,94)/b30-27-,45-33-/t79-,80+,81+/m0/s1. The first-order valence-electron chi connectivity index (χ1n) is 43.6. The van der Waals surface area contributed by atoms with Crippen molar-refractivity contribution in [3.8, 4) is 0 Å². The fourth-order valence-electron chi connectivity index (χ4n) is 12.8. The summed E-state index contributed by atoms with van der Waals surface area (Å²) >= 11 is 0. The highest BCUT2D eigenvalue weighted by Gasteiger charge is 2.30. The van der Waals surface area contributed by atoms with Gasteiger partial charge in [0.2, 0.25) is 0 Å². The molecule has 19 heteroatoms. The number of carbonyl (C=O) groups excluding carboxylic acids is 4. The fourth-order valence-corrected chi connectivity index (χ4v) is 14.4. The molecule has 0 heterocycles. The van der Waals surface area contributed by atoms with Crippen LogP contribution >= 0.6 is 15.6 Å². The van der Waals surface area contributed by atoms with E-state index in [0.717, 1.165) is 109 Å². The number of hydrogen-bond donors (Lipinski definition) is 3. The Kier molecular flexibility index (Phi) is 76.8. The van der Waals surface area contributed by atoms with Gasteiger partial charge in [-0.1, -0.05) is 386 Å². The van der Waals surface area contributed by atoms with Gasteiger partial charge in [0.1, 0.15) is 19.3 Å². The third-order valence-electron chi connectivity index (χ3n) is 19.5. The maximum atomic E-state index is 13.1. The Morgan fingerprint density at radius 3 is 0.702 bits per heavy atom. The lowest BCUT2D eigenvalue weighted by atomic mass is 10.0. The molecular formula is C85H162O17P2. The lowest BCUT2D eigenvalue weighted by Gasteiger charge is -2.21. The Bertz CT molecular complexity index is 2060. The summed E-state index contributed by atoms with van der Waals surface area (Å²) in [7, 11) is -9.93. The Labute approximate surface area is 637 Å². The molecular weight excluding hydrogens is 1350 g/mol. The second-order valence-corrected chi connectivity index (χ2v) is 32.8. The maximum absolute atomic E-state index is 13.1. The van der Waals surface area contributed by atoms with E-state index in [1.165, 1.54) is 250 Å². The van der Waals surface area contributed by atoms with Crippen LogP contribution in [0, 0.1) is 0 Å². The molecule has 0 aliphatic heterocycles. The number of allylic oxidation sites excluding steroid dienone is 4. The molecule has 2 unspecified atom stereocenters. The van der Waals surface area contributed by atoms with Gasteiger partial charge in [-0.05, 0) is 51.4 Å². The maximum Gasteiger partial charge on any atom is 0.472 e. The van der Waals surface area contributed by atoms with Gasteiger partial charge in [0, 0.05) is 25.7 Å². The lowest BCUT2D eigenvalue weighted by molar-refractivity contribution is -0.161. The van der Waals surface area contributed by atoms with E-state index >= 15 is 0 Å². The average molecular weight is 1520 g/mol. The highest BCUT2D eigenvalue weighted by Crippen LogP contribution is 2.45. The van der Waals surface area contributed by atoms with Crippen molar-refractivity contribution >= 4 is 39.5 Å². The third kappa shape index (κ3) is 77.7. The highest BCUT2D eigenvalue weighted by molar-refractivity contribution is 7.47. The van der Waals surface area contributed by atoms with E-state index in [0.29, 0.717) is 25.7 Å². The van der Waals surface area contributed by atoms with Gasteiger partial charge < -0.3 is 33.8 Å². The number of rotatable bonds is 84. The van der Waals surface area contributed by atoms with Gasteiger partial charge >= 0.3 is 39.5 Å². The van der Waals surface area contributed by atoms with Crippen LogP contribution in [0.15, 0.2) is 24.3 Å². The number of phosphoric ester groups is 2. The second-order valence-electron chi connectivity index (χ2n) is 29.9. The predicted octanol–water partition coefficient (Wildman–Crippen LogP) is 25.7. The van der Waals surface area contributed by atoms with E-state index < -0.39 is 97.5 Å². The van der Waals surface area contributed by atoms with Crippen molar-refractivity contribution in [3.63, 3.8) is 0 Å². The summed E-state index contributed by atoms with van der Waals surface area (Å²) in [5, 5.41) is 10.6. The fraction of sp³-hybridized carbons (Fsp3) is 0.906. The van der Waals surface area contributed by atoms with E-state index in [1.54, 1.807) is 0 Å². The first-order chi connectivity index (χ1) is 50.7. The van der Waals surface area contributed by atoms with Crippen molar-refractivity contribution in [1.29, 1.82) is 0 Å². The Hall–Kier alpha value is -2.46. The quantitative estimate of drug-likeness (QED) is 0.0169. The van der Waals surface area contributed by atoms with Crippen LogP contribution in [-0.4, -0.2) is 96.7 Å². The normalized spacial score (nSPS) is 13.9. The number of unbranched alkanes of at least 4 members (excludes halogenated alkanes) is 55. The molecule has 0 aliphatic carbocycles. The molecule has 0 aromatic heterocycles. The molecule has 104 heavy (non-hydrogen) atoms. The molecule has 0 saturated heterocycles. The number of ether oxygens (including phenoxy) is 4. The molecule has 0 aromatic carbocycles. The molecule has 0 radical (unpaired) electrons. The van der Waals surface area contributed by atoms with Crippen LogP contribution in [0.5, 0.6) is 0 Å². The topological polar surface area (TPSA) is 237 Å². The number of phosphoric acid groups is 2. The van der Waals surface area contributed by atoms with Crippen molar-refractivity contribution in [2.45, 2.75) is 457 Å². The number of aliphatic hydroxyl groups excluding tert-OH is 1.